The number of aromatic carboxylic acids is 1. The fourth-order valence-corrected chi connectivity index (χ4v) is 3.28. The molecule has 0 atom stereocenters. The average molecular weight is 373 g/mol. The van der Waals surface area contributed by atoms with Crippen LogP contribution in [0.4, 0.5) is 5.69 Å². The first kappa shape index (κ1) is 17.1. The van der Waals surface area contributed by atoms with Crippen molar-refractivity contribution in [2.24, 2.45) is 0 Å². The van der Waals surface area contributed by atoms with Crippen molar-refractivity contribution in [3.05, 3.63) is 69.7 Å². The zero-order valence-corrected chi connectivity index (χ0v) is 14.7. The smallest absolute Gasteiger partial charge is 0.347 e. The molecule has 0 bridgehead atoms. The molecule has 3 aromatic rings. The quantitative estimate of drug-likeness (QED) is 0.694. The van der Waals surface area contributed by atoms with E-state index >= 15 is 0 Å². The Morgan fingerprint density at radius 2 is 1.88 bits per heavy atom. The normalized spacial score (nSPS) is 10.5. The number of thiazole rings is 1. The van der Waals surface area contributed by atoms with Gasteiger partial charge >= 0.3 is 5.97 Å². The number of aryl methyl sites for hydroxylation is 1. The lowest BCUT2D eigenvalue weighted by Crippen LogP contribution is -2.11. The van der Waals surface area contributed by atoms with Crippen LogP contribution in [0, 0.1) is 6.92 Å². The zero-order valence-electron chi connectivity index (χ0n) is 13.1. The van der Waals surface area contributed by atoms with Crippen LogP contribution >= 0.6 is 22.9 Å². The SMILES string of the molecule is Cc1nc(-c2cccc(C(=O)Nc3ccc(Cl)cc3)c2)sc1C(=O)O. The average Bonchev–Trinajstić information content (AvgIpc) is 2.99. The van der Waals surface area contributed by atoms with E-state index in [2.05, 4.69) is 10.3 Å². The maximum absolute atomic E-state index is 12.4. The molecule has 3 rings (SSSR count). The number of carboxylic acids is 1. The maximum Gasteiger partial charge on any atom is 0.347 e. The van der Waals surface area contributed by atoms with Gasteiger partial charge in [0.15, 0.2) is 0 Å². The molecule has 0 saturated carbocycles. The number of aromatic nitrogens is 1. The van der Waals surface area contributed by atoms with Crippen LogP contribution in [0.3, 0.4) is 0 Å². The number of carbonyl (C=O) groups is 2. The number of nitrogens with one attached hydrogen (secondary N) is 1. The predicted octanol–water partition coefficient (Wildman–Crippen LogP) is 4.72. The first-order valence-corrected chi connectivity index (χ1v) is 8.51. The van der Waals surface area contributed by atoms with E-state index in [0.29, 0.717) is 32.5 Å². The first-order chi connectivity index (χ1) is 11.9. The number of carboxylic acid groups (broad SMARTS) is 1. The number of hydrogen-bond donors (Lipinski definition) is 2. The van der Waals surface area contributed by atoms with Crippen LogP contribution in [0.2, 0.25) is 5.02 Å². The van der Waals surface area contributed by atoms with E-state index in [9.17, 15) is 9.59 Å². The molecule has 0 saturated heterocycles. The first-order valence-electron chi connectivity index (χ1n) is 7.32. The fraction of sp³-hybridized carbons (Fsp3) is 0.0556. The number of halogens is 1. The van der Waals surface area contributed by atoms with Gasteiger partial charge in [-0.2, -0.15) is 0 Å². The highest BCUT2D eigenvalue weighted by molar-refractivity contribution is 7.17. The van der Waals surface area contributed by atoms with Crippen molar-refractivity contribution in [1.29, 1.82) is 0 Å². The third kappa shape index (κ3) is 3.87. The summed E-state index contributed by atoms with van der Waals surface area (Å²) in [4.78, 5) is 28.1. The Morgan fingerprint density at radius 3 is 2.52 bits per heavy atom. The molecule has 2 N–H and O–H groups in total. The Balaban J connectivity index is 1.86. The van der Waals surface area contributed by atoms with Gasteiger partial charge in [-0.1, -0.05) is 23.7 Å². The number of carbonyl (C=O) groups excluding carboxylic acids is 1. The van der Waals surface area contributed by atoms with Crippen LogP contribution in [-0.2, 0) is 0 Å². The number of hydrogen-bond acceptors (Lipinski definition) is 4. The van der Waals surface area contributed by atoms with Crippen molar-refractivity contribution >= 4 is 40.5 Å². The third-order valence-electron chi connectivity index (χ3n) is 3.46. The van der Waals surface area contributed by atoms with Crippen LogP contribution in [-0.4, -0.2) is 22.0 Å². The molecule has 126 valence electrons. The summed E-state index contributed by atoms with van der Waals surface area (Å²) < 4.78 is 0. The summed E-state index contributed by atoms with van der Waals surface area (Å²) in [6, 6.07) is 13.7. The second-order valence-corrected chi connectivity index (χ2v) is 6.72. The lowest BCUT2D eigenvalue weighted by atomic mass is 10.1. The van der Waals surface area contributed by atoms with Gasteiger partial charge in [-0.05, 0) is 43.3 Å². The van der Waals surface area contributed by atoms with Gasteiger partial charge in [0.05, 0.1) is 5.69 Å². The van der Waals surface area contributed by atoms with E-state index in [1.54, 1.807) is 55.5 Å². The van der Waals surface area contributed by atoms with E-state index < -0.39 is 5.97 Å². The van der Waals surface area contributed by atoms with Gasteiger partial charge < -0.3 is 10.4 Å². The van der Waals surface area contributed by atoms with Crippen molar-refractivity contribution in [2.45, 2.75) is 6.92 Å². The molecule has 2 aromatic carbocycles. The third-order valence-corrected chi connectivity index (χ3v) is 4.91. The number of nitrogens with zero attached hydrogens (tertiary/aromatic N) is 1. The number of amides is 1. The summed E-state index contributed by atoms with van der Waals surface area (Å²) >= 11 is 6.92. The summed E-state index contributed by atoms with van der Waals surface area (Å²) in [6.07, 6.45) is 0. The zero-order chi connectivity index (χ0) is 18.0. The summed E-state index contributed by atoms with van der Waals surface area (Å²) in [6.45, 7) is 1.65. The van der Waals surface area contributed by atoms with Crippen LogP contribution < -0.4 is 5.32 Å². The van der Waals surface area contributed by atoms with E-state index in [1.807, 2.05) is 0 Å². The van der Waals surface area contributed by atoms with Crippen LogP contribution in [0.1, 0.15) is 25.7 Å². The van der Waals surface area contributed by atoms with Crippen LogP contribution in [0.15, 0.2) is 48.5 Å². The van der Waals surface area contributed by atoms with Gasteiger partial charge in [0, 0.05) is 21.8 Å². The topological polar surface area (TPSA) is 79.3 Å². The summed E-state index contributed by atoms with van der Waals surface area (Å²) in [5, 5.41) is 13.1. The molecule has 7 heteroatoms. The van der Waals surface area contributed by atoms with Crippen LogP contribution in [0.5, 0.6) is 0 Å². The van der Waals surface area contributed by atoms with Gasteiger partial charge in [-0.3, -0.25) is 4.79 Å². The van der Waals surface area contributed by atoms with Gasteiger partial charge in [0.25, 0.3) is 5.91 Å². The van der Waals surface area contributed by atoms with E-state index in [4.69, 9.17) is 16.7 Å². The molecule has 1 amide bonds. The molecule has 1 aromatic heterocycles. The second-order valence-electron chi connectivity index (χ2n) is 5.28. The molecule has 0 spiro atoms. The van der Waals surface area contributed by atoms with Crippen molar-refractivity contribution in [2.75, 3.05) is 5.32 Å². The van der Waals surface area contributed by atoms with Crippen LogP contribution in [0.25, 0.3) is 10.6 Å². The maximum atomic E-state index is 12.4. The Hall–Kier alpha value is -2.70. The lowest BCUT2D eigenvalue weighted by molar-refractivity contribution is 0.0701. The highest BCUT2D eigenvalue weighted by atomic mass is 35.5. The Bertz CT molecular complexity index is 951. The van der Waals surface area contributed by atoms with Gasteiger partial charge in [-0.25, -0.2) is 9.78 Å². The van der Waals surface area contributed by atoms with E-state index in [-0.39, 0.29) is 10.8 Å². The lowest BCUT2D eigenvalue weighted by Gasteiger charge is -2.06. The second kappa shape index (κ2) is 7.04. The monoisotopic (exact) mass is 372 g/mol. The van der Waals surface area contributed by atoms with Crippen molar-refractivity contribution in [3.63, 3.8) is 0 Å². The molecule has 0 radical (unpaired) electrons. The van der Waals surface area contributed by atoms with Crippen molar-refractivity contribution in [1.82, 2.24) is 4.98 Å². The molecule has 0 fully saturated rings. The van der Waals surface area contributed by atoms with Crippen molar-refractivity contribution in [3.8, 4) is 10.6 Å². The molecule has 0 aliphatic heterocycles. The highest BCUT2D eigenvalue weighted by Crippen LogP contribution is 2.28. The Morgan fingerprint density at radius 1 is 1.16 bits per heavy atom. The summed E-state index contributed by atoms with van der Waals surface area (Å²) in [5.41, 5.74) is 2.25. The molecule has 0 aliphatic carbocycles. The predicted molar refractivity (Wildman–Crippen MR) is 98.7 cm³/mol. The highest BCUT2D eigenvalue weighted by Gasteiger charge is 2.16. The fourth-order valence-electron chi connectivity index (χ4n) is 2.25. The Labute approximate surface area is 152 Å². The standard InChI is InChI=1S/C18H13ClN2O3S/c1-10-15(18(23)24)25-17(20-10)12-4-2-3-11(9-12)16(22)21-14-7-5-13(19)6-8-14/h2-9H,1H3,(H,21,22)(H,23,24). The summed E-state index contributed by atoms with van der Waals surface area (Å²) in [5.74, 6) is -1.27. The molecule has 5 nitrogen and oxygen atoms in total. The van der Waals surface area contributed by atoms with Crippen molar-refractivity contribution < 1.29 is 14.7 Å². The Kier molecular flexibility index (Phi) is 4.83. The largest absolute Gasteiger partial charge is 0.477 e. The molecule has 0 unspecified atom stereocenters. The molecular formula is C18H13ClN2O3S. The molecule has 25 heavy (non-hydrogen) atoms. The number of anilines is 1. The molecule has 0 aliphatic rings. The van der Waals surface area contributed by atoms with E-state index in [1.165, 1.54) is 0 Å². The summed E-state index contributed by atoms with van der Waals surface area (Å²) in [7, 11) is 0. The van der Waals surface area contributed by atoms with Gasteiger partial charge in [0.2, 0.25) is 0 Å². The van der Waals surface area contributed by atoms with Gasteiger partial charge in [-0.15, -0.1) is 11.3 Å². The number of rotatable bonds is 4. The minimum atomic E-state index is -1.00. The van der Waals surface area contributed by atoms with E-state index in [0.717, 1.165) is 11.3 Å². The minimum Gasteiger partial charge on any atom is -0.477 e. The number of benzene rings is 2. The minimum absolute atomic E-state index is 0.200. The van der Waals surface area contributed by atoms with Gasteiger partial charge in [0.1, 0.15) is 9.88 Å². The molecular weight excluding hydrogens is 360 g/mol. The molecule has 1 heterocycles.